The van der Waals surface area contributed by atoms with Crippen LogP contribution >= 0.6 is 23.1 Å². The van der Waals surface area contributed by atoms with Crippen molar-refractivity contribution in [1.29, 1.82) is 0 Å². The standard InChI is InChI=1S/C18H22N2O3S2/c1-4-12(2)19-17(22)9-14-10-24-18(20-14)25-11-16(21)13-5-7-15(23-3)8-6-13/h5-8,10,12H,4,9,11H2,1-3H3,(H,19,22)/t12-/m0/s1. The summed E-state index contributed by atoms with van der Waals surface area (Å²) in [4.78, 5) is 28.5. The average Bonchev–Trinajstić information content (AvgIpc) is 3.06. The number of ether oxygens (including phenoxy) is 1. The van der Waals surface area contributed by atoms with Crippen molar-refractivity contribution in [3.63, 3.8) is 0 Å². The van der Waals surface area contributed by atoms with Crippen molar-refractivity contribution in [2.75, 3.05) is 12.9 Å². The van der Waals surface area contributed by atoms with Crippen molar-refractivity contribution >= 4 is 34.8 Å². The highest BCUT2D eigenvalue weighted by Crippen LogP contribution is 2.24. The van der Waals surface area contributed by atoms with E-state index in [-0.39, 0.29) is 24.2 Å². The van der Waals surface area contributed by atoms with Gasteiger partial charge in [-0.2, -0.15) is 0 Å². The first-order valence-corrected chi connectivity index (χ1v) is 9.92. The highest BCUT2D eigenvalue weighted by Gasteiger charge is 2.12. The van der Waals surface area contributed by atoms with Gasteiger partial charge < -0.3 is 10.1 Å². The predicted molar refractivity (Wildman–Crippen MR) is 102 cm³/mol. The number of rotatable bonds is 9. The maximum atomic E-state index is 12.2. The lowest BCUT2D eigenvalue weighted by Crippen LogP contribution is -2.33. The van der Waals surface area contributed by atoms with Crippen LogP contribution in [0.15, 0.2) is 34.0 Å². The molecule has 7 heteroatoms. The summed E-state index contributed by atoms with van der Waals surface area (Å²) in [7, 11) is 1.59. The van der Waals surface area contributed by atoms with Crippen molar-refractivity contribution in [3.8, 4) is 5.75 Å². The molecule has 134 valence electrons. The third-order valence-electron chi connectivity index (χ3n) is 3.63. The summed E-state index contributed by atoms with van der Waals surface area (Å²) in [5.74, 6) is 1.06. The summed E-state index contributed by atoms with van der Waals surface area (Å²) in [6, 6.07) is 7.23. The number of thiazole rings is 1. The Bertz CT molecular complexity index is 713. The Morgan fingerprint density at radius 2 is 2.04 bits per heavy atom. The Hall–Kier alpha value is -1.86. The molecule has 0 spiro atoms. The van der Waals surface area contributed by atoms with Crippen LogP contribution in [0.5, 0.6) is 5.75 Å². The van der Waals surface area contributed by atoms with Crippen LogP contribution in [0.1, 0.15) is 36.3 Å². The molecule has 2 rings (SSSR count). The molecule has 0 aliphatic heterocycles. The van der Waals surface area contributed by atoms with Gasteiger partial charge in [-0.15, -0.1) is 11.3 Å². The van der Waals surface area contributed by atoms with E-state index in [0.717, 1.165) is 22.2 Å². The predicted octanol–water partition coefficient (Wildman–Crippen LogP) is 3.58. The molecule has 1 aromatic heterocycles. The van der Waals surface area contributed by atoms with Gasteiger partial charge in [0.15, 0.2) is 10.1 Å². The Labute approximate surface area is 156 Å². The lowest BCUT2D eigenvalue weighted by Gasteiger charge is -2.10. The minimum absolute atomic E-state index is 0.0227. The fourth-order valence-corrected chi connectivity index (χ4v) is 3.75. The molecular weight excluding hydrogens is 356 g/mol. The van der Waals surface area contributed by atoms with E-state index in [4.69, 9.17) is 4.74 Å². The van der Waals surface area contributed by atoms with E-state index in [1.54, 1.807) is 31.4 Å². The van der Waals surface area contributed by atoms with Crippen LogP contribution in [-0.4, -0.2) is 35.6 Å². The molecule has 0 bridgehead atoms. The van der Waals surface area contributed by atoms with E-state index in [0.29, 0.717) is 11.3 Å². The summed E-state index contributed by atoms with van der Waals surface area (Å²) < 4.78 is 5.89. The zero-order valence-corrected chi connectivity index (χ0v) is 16.2. The molecule has 0 saturated heterocycles. The molecule has 1 amide bonds. The lowest BCUT2D eigenvalue weighted by atomic mass is 10.1. The number of Topliss-reactive ketones (excluding diaryl/α,β-unsaturated/α-hetero) is 1. The minimum Gasteiger partial charge on any atom is -0.497 e. The molecule has 1 atom stereocenters. The van der Waals surface area contributed by atoms with E-state index in [9.17, 15) is 9.59 Å². The molecule has 0 aliphatic rings. The van der Waals surface area contributed by atoms with Crippen molar-refractivity contribution < 1.29 is 14.3 Å². The number of nitrogens with zero attached hydrogens (tertiary/aromatic N) is 1. The number of benzene rings is 1. The van der Waals surface area contributed by atoms with E-state index >= 15 is 0 Å². The smallest absolute Gasteiger partial charge is 0.226 e. The van der Waals surface area contributed by atoms with Gasteiger partial charge in [-0.1, -0.05) is 18.7 Å². The van der Waals surface area contributed by atoms with Crippen LogP contribution in [0, 0.1) is 0 Å². The maximum absolute atomic E-state index is 12.2. The minimum atomic E-state index is -0.0227. The van der Waals surface area contributed by atoms with Gasteiger partial charge in [0, 0.05) is 17.0 Å². The summed E-state index contributed by atoms with van der Waals surface area (Å²) in [5, 5.41) is 4.79. The Morgan fingerprint density at radius 1 is 1.32 bits per heavy atom. The van der Waals surface area contributed by atoms with Crippen molar-refractivity contribution in [2.24, 2.45) is 0 Å². The zero-order valence-electron chi connectivity index (χ0n) is 14.6. The fraction of sp³-hybridized carbons (Fsp3) is 0.389. The van der Waals surface area contributed by atoms with Gasteiger partial charge in [0.1, 0.15) is 5.75 Å². The zero-order chi connectivity index (χ0) is 18.2. The summed E-state index contributed by atoms with van der Waals surface area (Å²) >= 11 is 2.85. The molecule has 0 aliphatic carbocycles. The second-order valence-electron chi connectivity index (χ2n) is 5.60. The molecule has 1 N–H and O–H groups in total. The number of hydrogen-bond donors (Lipinski definition) is 1. The number of methoxy groups -OCH3 is 1. The van der Waals surface area contributed by atoms with Crippen LogP contribution in [-0.2, 0) is 11.2 Å². The van der Waals surface area contributed by atoms with Gasteiger partial charge in [0.05, 0.1) is 25.0 Å². The number of nitrogens with one attached hydrogen (secondary N) is 1. The molecule has 2 aromatic rings. The topological polar surface area (TPSA) is 68.3 Å². The number of carbonyl (C=O) groups is 2. The number of aromatic nitrogens is 1. The van der Waals surface area contributed by atoms with Crippen molar-refractivity contribution in [1.82, 2.24) is 10.3 Å². The van der Waals surface area contributed by atoms with E-state index < -0.39 is 0 Å². The quantitative estimate of drug-likeness (QED) is 0.533. The molecule has 25 heavy (non-hydrogen) atoms. The summed E-state index contributed by atoms with van der Waals surface area (Å²) in [5.41, 5.74) is 1.39. The highest BCUT2D eigenvalue weighted by atomic mass is 32.2. The second kappa shape index (κ2) is 9.58. The number of hydrogen-bond acceptors (Lipinski definition) is 6. The molecule has 1 aromatic carbocycles. The largest absolute Gasteiger partial charge is 0.497 e. The normalized spacial score (nSPS) is 11.8. The molecule has 0 fully saturated rings. The van der Waals surface area contributed by atoms with Crippen LogP contribution in [0.2, 0.25) is 0 Å². The van der Waals surface area contributed by atoms with E-state index in [1.807, 2.05) is 19.2 Å². The number of amides is 1. The molecule has 0 radical (unpaired) electrons. The van der Waals surface area contributed by atoms with Gasteiger partial charge in [0.25, 0.3) is 0 Å². The van der Waals surface area contributed by atoms with Crippen LogP contribution in [0.4, 0.5) is 0 Å². The first kappa shape index (κ1) is 19.5. The van der Waals surface area contributed by atoms with Gasteiger partial charge in [-0.25, -0.2) is 4.98 Å². The maximum Gasteiger partial charge on any atom is 0.226 e. The first-order valence-electron chi connectivity index (χ1n) is 8.05. The Morgan fingerprint density at radius 3 is 2.68 bits per heavy atom. The van der Waals surface area contributed by atoms with Crippen LogP contribution < -0.4 is 10.1 Å². The third kappa shape index (κ3) is 6.17. The van der Waals surface area contributed by atoms with Crippen molar-refractivity contribution in [2.45, 2.75) is 37.1 Å². The first-order chi connectivity index (χ1) is 12.0. The number of carbonyl (C=O) groups excluding carboxylic acids is 2. The van der Waals surface area contributed by atoms with Crippen molar-refractivity contribution in [3.05, 3.63) is 40.9 Å². The second-order valence-corrected chi connectivity index (χ2v) is 7.68. The average molecular weight is 379 g/mol. The van der Waals surface area contributed by atoms with Gasteiger partial charge in [-0.05, 0) is 37.6 Å². The molecule has 1 heterocycles. The van der Waals surface area contributed by atoms with Gasteiger partial charge >= 0.3 is 0 Å². The van der Waals surface area contributed by atoms with E-state index in [2.05, 4.69) is 10.3 Å². The van der Waals surface area contributed by atoms with Gasteiger partial charge in [0.2, 0.25) is 5.91 Å². The Balaban J connectivity index is 1.84. The SMILES string of the molecule is CC[C@H](C)NC(=O)Cc1csc(SCC(=O)c2ccc(OC)cc2)n1. The lowest BCUT2D eigenvalue weighted by molar-refractivity contribution is -0.121. The summed E-state index contributed by atoms with van der Waals surface area (Å²) in [6.45, 7) is 4.01. The molecule has 5 nitrogen and oxygen atoms in total. The van der Waals surface area contributed by atoms with Gasteiger partial charge in [-0.3, -0.25) is 9.59 Å². The molecular formula is C18H22N2O3S2. The van der Waals surface area contributed by atoms with Crippen LogP contribution in [0.3, 0.4) is 0 Å². The van der Waals surface area contributed by atoms with E-state index in [1.165, 1.54) is 23.1 Å². The third-order valence-corrected chi connectivity index (χ3v) is 5.70. The Kier molecular flexibility index (Phi) is 7.46. The number of thioether (sulfide) groups is 1. The number of ketones is 1. The monoisotopic (exact) mass is 378 g/mol. The summed E-state index contributed by atoms with van der Waals surface area (Å²) in [6.07, 6.45) is 1.17. The highest BCUT2D eigenvalue weighted by molar-refractivity contribution is 8.01. The molecule has 0 unspecified atom stereocenters. The fourth-order valence-electron chi connectivity index (χ4n) is 2.02. The molecule has 0 saturated carbocycles. The van der Waals surface area contributed by atoms with Crippen LogP contribution in [0.25, 0.3) is 0 Å².